The zero-order valence-corrected chi connectivity index (χ0v) is 14.2. The van der Waals surface area contributed by atoms with E-state index in [0.29, 0.717) is 6.61 Å². The summed E-state index contributed by atoms with van der Waals surface area (Å²) in [5, 5.41) is 0. The molecule has 0 aliphatic heterocycles. The van der Waals surface area contributed by atoms with Gasteiger partial charge in [-0.05, 0) is 46.7 Å². The Kier molecular flexibility index (Phi) is 9.45. The largest absolute Gasteiger partial charge is 0.508 e. The molecule has 0 heterocycles. The van der Waals surface area contributed by atoms with Crippen LogP contribution >= 0.6 is 22.6 Å². The molecule has 0 aliphatic rings. The molecular weight excluding hydrogens is 367 g/mol. The lowest BCUT2D eigenvalue weighted by atomic mass is 10.1. The van der Waals surface area contributed by atoms with Crippen LogP contribution in [0, 0.1) is 3.57 Å². The average molecular weight is 390 g/mol. The molecule has 1 rings (SSSR count). The lowest BCUT2D eigenvalue weighted by Gasteiger charge is -2.06. The van der Waals surface area contributed by atoms with Gasteiger partial charge in [-0.2, -0.15) is 0 Å². The van der Waals surface area contributed by atoms with E-state index in [-0.39, 0.29) is 6.61 Å². The number of carbonyl (C=O) groups excluding carboxylic acids is 1. The second kappa shape index (κ2) is 10.9. The van der Waals surface area contributed by atoms with Crippen molar-refractivity contribution in [2.75, 3.05) is 6.61 Å². The van der Waals surface area contributed by atoms with Crippen molar-refractivity contribution in [1.29, 1.82) is 0 Å². The molecule has 0 radical (unpaired) electrons. The maximum atomic E-state index is 11.4. The summed E-state index contributed by atoms with van der Waals surface area (Å²) in [7, 11) is 0. The van der Waals surface area contributed by atoms with Crippen LogP contribution in [0.2, 0.25) is 0 Å². The Hall–Kier alpha value is -0.780. The molecule has 1 aromatic carbocycles. The van der Waals surface area contributed by atoms with Crippen LogP contribution in [-0.4, -0.2) is 12.8 Å². The highest BCUT2D eigenvalue weighted by Crippen LogP contribution is 2.08. The van der Waals surface area contributed by atoms with Gasteiger partial charge in [0, 0.05) is 3.57 Å². The first-order valence-corrected chi connectivity index (χ1v) is 8.34. The molecular formula is C16H23IO3. The van der Waals surface area contributed by atoms with Crippen molar-refractivity contribution in [3.8, 4) is 0 Å². The fraction of sp³-hybridized carbons (Fsp3) is 0.562. The van der Waals surface area contributed by atoms with Gasteiger partial charge in [0.1, 0.15) is 6.61 Å². The maximum Gasteiger partial charge on any atom is 0.508 e. The van der Waals surface area contributed by atoms with E-state index in [1.165, 1.54) is 25.7 Å². The van der Waals surface area contributed by atoms with Crippen LogP contribution in [0.15, 0.2) is 24.3 Å². The third-order valence-electron chi connectivity index (χ3n) is 2.99. The molecule has 0 atom stereocenters. The summed E-state index contributed by atoms with van der Waals surface area (Å²) >= 11 is 2.24. The van der Waals surface area contributed by atoms with Crippen molar-refractivity contribution in [1.82, 2.24) is 0 Å². The Labute approximate surface area is 135 Å². The van der Waals surface area contributed by atoms with E-state index in [0.717, 1.165) is 22.0 Å². The van der Waals surface area contributed by atoms with Crippen LogP contribution in [0.4, 0.5) is 4.79 Å². The number of unbranched alkanes of at least 4 members (excludes halogenated alkanes) is 5. The molecule has 112 valence electrons. The molecule has 0 spiro atoms. The molecule has 0 unspecified atom stereocenters. The lowest BCUT2D eigenvalue weighted by molar-refractivity contribution is 0.0487. The van der Waals surface area contributed by atoms with Crippen LogP contribution in [0.5, 0.6) is 0 Å². The van der Waals surface area contributed by atoms with Crippen LogP contribution in [0.3, 0.4) is 0 Å². The smallest absolute Gasteiger partial charge is 0.434 e. The highest BCUT2D eigenvalue weighted by atomic mass is 127. The van der Waals surface area contributed by atoms with E-state index < -0.39 is 6.16 Å². The number of rotatable bonds is 9. The molecule has 0 amide bonds. The minimum Gasteiger partial charge on any atom is -0.434 e. The summed E-state index contributed by atoms with van der Waals surface area (Å²) in [5.41, 5.74) is 0.974. The van der Waals surface area contributed by atoms with Gasteiger partial charge in [0.2, 0.25) is 0 Å². The van der Waals surface area contributed by atoms with Gasteiger partial charge in [0.15, 0.2) is 0 Å². The first kappa shape index (κ1) is 17.3. The van der Waals surface area contributed by atoms with Gasteiger partial charge in [0.05, 0.1) is 6.61 Å². The second-order valence-electron chi connectivity index (χ2n) is 4.78. The molecule has 3 nitrogen and oxygen atoms in total. The second-order valence-corrected chi connectivity index (χ2v) is 6.03. The van der Waals surface area contributed by atoms with Crippen molar-refractivity contribution in [3.63, 3.8) is 0 Å². The fourth-order valence-electron chi connectivity index (χ4n) is 1.80. The Morgan fingerprint density at radius 3 is 2.35 bits per heavy atom. The van der Waals surface area contributed by atoms with E-state index in [2.05, 4.69) is 29.5 Å². The first-order chi connectivity index (χ1) is 9.72. The van der Waals surface area contributed by atoms with E-state index >= 15 is 0 Å². The van der Waals surface area contributed by atoms with Gasteiger partial charge < -0.3 is 9.47 Å². The zero-order valence-electron chi connectivity index (χ0n) is 12.1. The Morgan fingerprint density at radius 1 is 1.00 bits per heavy atom. The number of hydrogen-bond donors (Lipinski definition) is 0. The summed E-state index contributed by atoms with van der Waals surface area (Å²) in [6.07, 6.45) is 6.49. The highest BCUT2D eigenvalue weighted by molar-refractivity contribution is 14.1. The standard InChI is InChI=1S/C16H23IO3/c1-2-3-4-5-6-7-12-19-16(18)20-13-14-8-10-15(17)11-9-14/h8-11H,2-7,12-13H2,1H3. The minimum absolute atomic E-state index is 0.270. The summed E-state index contributed by atoms with van der Waals surface area (Å²) in [6, 6.07) is 7.87. The SMILES string of the molecule is CCCCCCCCOC(=O)OCc1ccc(I)cc1. The van der Waals surface area contributed by atoms with Crippen LogP contribution in [0.1, 0.15) is 51.0 Å². The van der Waals surface area contributed by atoms with Crippen LogP contribution in [-0.2, 0) is 16.1 Å². The number of carbonyl (C=O) groups is 1. The van der Waals surface area contributed by atoms with E-state index in [9.17, 15) is 4.79 Å². The van der Waals surface area contributed by atoms with Crippen molar-refractivity contribution in [3.05, 3.63) is 33.4 Å². The van der Waals surface area contributed by atoms with Crippen molar-refractivity contribution in [2.45, 2.75) is 52.1 Å². The molecule has 0 N–H and O–H groups in total. The number of hydrogen-bond acceptors (Lipinski definition) is 3. The summed E-state index contributed by atoms with van der Waals surface area (Å²) in [5.74, 6) is 0. The molecule has 4 heteroatoms. The monoisotopic (exact) mass is 390 g/mol. The van der Waals surface area contributed by atoms with Crippen LogP contribution in [0.25, 0.3) is 0 Å². The minimum atomic E-state index is -0.572. The maximum absolute atomic E-state index is 11.4. The molecule has 1 aromatic rings. The third kappa shape index (κ3) is 8.40. The summed E-state index contributed by atoms with van der Waals surface area (Å²) < 4.78 is 11.2. The molecule has 0 saturated heterocycles. The third-order valence-corrected chi connectivity index (χ3v) is 3.71. The van der Waals surface area contributed by atoms with Crippen molar-refractivity contribution >= 4 is 28.7 Å². The Balaban J connectivity index is 2.01. The molecule has 20 heavy (non-hydrogen) atoms. The normalized spacial score (nSPS) is 10.3. The van der Waals surface area contributed by atoms with Gasteiger partial charge >= 0.3 is 6.16 Å². The quantitative estimate of drug-likeness (QED) is 0.326. The number of benzene rings is 1. The molecule has 0 aromatic heterocycles. The number of ether oxygens (including phenoxy) is 2. The van der Waals surface area contributed by atoms with E-state index in [1.807, 2.05) is 24.3 Å². The Bertz CT molecular complexity index is 376. The van der Waals surface area contributed by atoms with Gasteiger partial charge in [-0.25, -0.2) is 4.79 Å². The molecule has 0 saturated carbocycles. The summed E-state index contributed by atoms with van der Waals surface area (Å²) in [6.45, 7) is 2.93. The van der Waals surface area contributed by atoms with Crippen molar-refractivity contribution in [2.24, 2.45) is 0 Å². The first-order valence-electron chi connectivity index (χ1n) is 7.26. The topological polar surface area (TPSA) is 35.5 Å². The van der Waals surface area contributed by atoms with Gasteiger partial charge in [-0.1, -0.05) is 51.2 Å². The van der Waals surface area contributed by atoms with Gasteiger partial charge in [-0.3, -0.25) is 0 Å². The van der Waals surface area contributed by atoms with Gasteiger partial charge in [0.25, 0.3) is 0 Å². The Morgan fingerprint density at radius 2 is 1.65 bits per heavy atom. The van der Waals surface area contributed by atoms with Gasteiger partial charge in [-0.15, -0.1) is 0 Å². The highest BCUT2D eigenvalue weighted by Gasteiger charge is 2.04. The van der Waals surface area contributed by atoms with E-state index in [1.54, 1.807) is 0 Å². The average Bonchev–Trinajstić information content (AvgIpc) is 2.46. The predicted molar refractivity (Wildman–Crippen MR) is 88.7 cm³/mol. The predicted octanol–water partition coefficient (Wildman–Crippen LogP) is 5.30. The molecule has 0 fully saturated rings. The molecule has 0 bridgehead atoms. The zero-order chi connectivity index (χ0) is 14.6. The fourth-order valence-corrected chi connectivity index (χ4v) is 2.16. The number of halogens is 1. The van der Waals surface area contributed by atoms with Crippen molar-refractivity contribution < 1.29 is 14.3 Å². The van der Waals surface area contributed by atoms with E-state index in [4.69, 9.17) is 9.47 Å². The summed E-state index contributed by atoms with van der Waals surface area (Å²) in [4.78, 5) is 11.4. The lowest BCUT2D eigenvalue weighted by Crippen LogP contribution is -2.08. The molecule has 0 aliphatic carbocycles. The van der Waals surface area contributed by atoms with Crippen LogP contribution < -0.4 is 0 Å².